The van der Waals surface area contributed by atoms with Crippen LogP contribution in [0.2, 0.25) is 0 Å². The molecule has 1 saturated heterocycles. The van der Waals surface area contributed by atoms with Crippen molar-refractivity contribution in [3.8, 4) is 0 Å². The first-order chi connectivity index (χ1) is 7.15. The van der Waals surface area contributed by atoms with E-state index in [9.17, 15) is 0 Å². The first-order valence-corrected chi connectivity index (χ1v) is 6.45. The third-order valence-corrected chi connectivity index (χ3v) is 4.06. The second-order valence-corrected chi connectivity index (χ2v) is 5.58. The van der Waals surface area contributed by atoms with Crippen LogP contribution in [0.1, 0.15) is 32.3 Å². The molecular formula is C13H18BrN. The number of rotatable bonds is 2. The van der Waals surface area contributed by atoms with Gasteiger partial charge in [-0.05, 0) is 43.0 Å². The maximum Gasteiger partial charge on any atom is 0.0458 e. The van der Waals surface area contributed by atoms with Gasteiger partial charge in [0.2, 0.25) is 0 Å². The van der Waals surface area contributed by atoms with Gasteiger partial charge in [-0.1, -0.05) is 41.9 Å². The number of hydrogen-bond acceptors (Lipinski definition) is 1. The Hall–Kier alpha value is -0.340. The molecule has 2 heteroatoms. The molecule has 82 valence electrons. The molecule has 1 aromatic rings. The van der Waals surface area contributed by atoms with Crippen LogP contribution in [0, 0.1) is 5.92 Å². The molecule has 1 unspecified atom stereocenters. The van der Waals surface area contributed by atoms with Crippen molar-refractivity contribution in [1.82, 2.24) is 5.32 Å². The molecule has 0 amide bonds. The van der Waals surface area contributed by atoms with Crippen LogP contribution in [0.15, 0.2) is 28.7 Å². The Balaban J connectivity index is 2.36. The van der Waals surface area contributed by atoms with E-state index in [1.165, 1.54) is 18.4 Å². The molecule has 1 nitrogen and oxygen atoms in total. The minimum atomic E-state index is 0.209. The highest BCUT2D eigenvalue weighted by Crippen LogP contribution is 2.37. The van der Waals surface area contributed by atoms with Gasteiger partial charge in [0, 0.05) is 10.0 Å². The summed E-state index contributed by atoms with van der Waals surface area (Å²) in [5.41, 5.74) is 1.64. The number of halogens is 1. The summed E-state index contributed by atoms with van der Waals surface area (Å²) in [6, 6.07) is 8.75. The molecule has 0 aliphatic carbocycles. The van der Waals surface area contributed by atoms with Crippen LogP contribution < -0.4 is 5.32 Å². The molecule has 1 N–H and O–H groups in total. The van der Waals surface area contributed by atoms with E-state index in [0.29, 0.717) is 5.92 Å². The van der Waals surface area contributed by atoms with Crippen molar-refractivity contribution >= 4 is 15.9 Å². The minimum Gasteiger partial charge on any atom is -0.307 e. The summed E-state index contributed by atoms with van der Waals surface area (Å²) in [6.07, 6.45) is 2.54. The fourth-order valence-electron chi connectivity index (χ4n) is 2.59. The van der Waals surface area contributed by atoms with Crippen LogP contribution in [-0.4, -0.2) is 6.54 Å². The Labute approximate surface area is 100 Å². The summed E-state index contributed by atoms with van der Waals surface area (Å²) in [6.45, 7) is 5.76. The van der Waals surface area contributed by atoms with Crippen molar-refractivity contribution in [2.75, 3.05) is 6.54 Å². The van der Waals surface area contributed by atoms with Crippen LogP contribution >= 0.6 is 15.9 Å². The molecule has 0 bridgehead atoms. The number of benzene rings is 1. The van der Waals surface area contributed by atoms with Crippen molar-refractivity contribution in [3.63, 3.8) is 0 Å². The fourth-order valence-corrected chi connectivity index (χ4v) is 2.85. The predicted octanol–water partition coefficient (Wildman–Crippen LogP) is 3.68. The second kappa shape index (κ2) is 4.26. The summed E-state index contributed by atoms with van der Waals surface area (Å²) in [5.74, 6) is 0.640. The van der Waals surface area contributed by atoms with Crippen molar-refractivity contribution in [2.45, 2.75) is 32.2 Å². The maximum absolute atomic E-state index is 3.69. The van der Waals surface area contributed by atoms with Crippen molar-refractivity contribution in [2.24, 2.45) is 5.92 Å². The molecule has 1 aliphatic rings. The van der Waals surface area contributed by atoms with Crippen LogP contribution in [-0.2, 0) is 5.54 Å². The van der Waals surface area contributed by atoms with E-state index < -0.39 is 0 Å². The third kappa shape index (κ3) is 1.98. The van der Waals surface area contributed by atoms with E-state index in [2.05, 4.69) is 59.4 Å². The lowest BCUT2D eigenvalue weighted by Gasteiger charge is -2.34. The van der Waals surface area contributed by atoms with Crippen molar-refractivity contribution in [3.05, 3.63) is 34.3 Å². The molecule has 0 radical (unpaired) electrons. The Morgan fingerprint density at radius 1 is 1.27 bits per heavy atom. The SMILES string of the molecule is CC(C)C1(c2ccc(Br)cc2)CCCN1. The van der Waals surface area contributed by atoms with Gasteiger partial charge in [-0.25, -0.2) is 0 Å². The smallest absolute Gasteiger partial charge is 0.0458 e. The van der Waals surface area contributed by atoms with Gasteiger partial charge < -0.3 is 5.32 Å². The van der Waals surface area contributed by atoms with Crippen molar-refractivity contribution < 1.29 is 0 Å². The molecule has 1 fully saturated rings. The third-order valence-electron chi connectivity index (χ3n) is 3.53. The van der Waals surface area contributed by atoms with Crippen LogP contribution in [0.5, 0.6) is 0 Å². The standard InChI is InChI=1S/C13H18BrN/c1-10(2)13(8-3-9-15-13)11-4-6-12(14)7-5-11/h4-7,10,15H,3,8-9H2,1-2H3. The summed E-state index contributed by atoms with van der Waals surface area (Å²) < 4.78 is 1.16. The minimum absolute atomic E-state index is 0.209. The summed E-state index contributed by atoms with van der Waals surface area (Å²) in [4.78, 5) is 0. The summed E-state index contributed by atoms with van der Waals surface area (Å²) in [5, 5.41) is 3.69. The molecule has 1 aliphatic heterocycles. The topological polar surface area (TPSA) is 12.0 Å². The average molecular weight is 268 g/mol. The predicted molar refractivity (Wildman–Crippen MR) is 67.9 cm³/mol. The van der Waals surface area contributed by atoms with Crippen molar-refractivity contribution in [1.29, 1.82) is 0 Å². The van der Waals surface area contributed by atoms with E-state index in [1.54, 1.807) is 0 Å². The highest BCUT2D eigenvalue weighted by Gasteiger charge is 2.37. The van der Waals surface area contributed by atoms with Gasteiger partial charge in [-0.3, -0.25) is 0 Å². The Morgan fingerprint density at radius 2 is 1.93 bits per heavy atom. The largest absolute Gasteiger partial charge is 0.307 e. The first kappa shape index (κ1) is 11.2. The maximum atomic E-state index is 3.69. The first-order valence-electron chi connectivity index (χ1n) is 5.66. The molecule has 1 atom stereocenters. The van der Waals surface area contributed by atoms with E-state index in [0.717, 1.165) is 11.0 Å². The van der Waals surface area contributed by atoms with Gasteiger partial charge in [0.25, 0.3) is 0 Å². The Kier molecular flexibility index (Phi) is 3.17. The zero-order chi connectivity index (χ0) is 10.9. The molecule has 0 aromatic heterocycles. The highest BCUT2D eigenvalue weighted by molar-refractivity contribution is 9.10. The molecule has 1 aromatic carbocycles. The van der Waals surface area contributed by atoms with Gasteiger partial charge in [0.1, 0.15) is 0 Å². The molecule has 0 spiro atoms. The lowest BCUT2D eigenvalue weighted by Crippen LogP contribution is -2.41. The number of nitrogens with one attached hydrogen (secondary N) is 1. The Morgan fingerprint density at radius 3 is 2.40 bits per heavy atom. The van der Waals surface area contributed by atoms with Gasteiger partial charge in [0.15, 0.2) is 0 Å². The molecule has 1 heterocycles. The molecule has 15 heavy (non-hydrogen) atoms. The zero-order valence-corrected chi connectivity index (χ0v) is 11.0. The van der Waals surface area contributed by atoms with Crippen LogP contribution in [0.25, 0.3) is 0 Å². The van der Waals surface area contributed by atoms with Gasteiger partial charge >= 0.3 is 0 Å². The quantitative estimate of drug-likeness (QED) is 0.862. The number of hydrogen-bond donors (Lipinski definition) is 1. The van der Waals surface area contributed by atoms with Crippen LogP contribution in [0.3, 0.4) is 0 Å². The summed E-state index contributed by atoms with van der Waals surface area (Å²) >= 11 is 3.49. The van der Waals surface area contributed by atoms with E-state index in [4.69, 9.17) is 0 Å². The van der Waals surface area contributed by atoms with E-state index in [-0.39, 0.29) is 5.54 Å². The van der Waals surface area contributed by atoms with Crippen LogP contribution in [0.4, 0.5) is 0 Å². The normalized spacial score (nSPS) is 26.1. The Bertz CT molecular complexity index is 323. The lowest BCUT2D eigenvalue weighted by molar-refractivity contribution is 0.277. The highest BCUT2D eigenvalue weighted by atomic mass is 79.9. The zero-order valence-electron chi connectivity index (χ0n) is 9.39. The van der Waals surface area contributed by atoms with Gasteiger partial charge in [0.05, 0.1) is 0 Å². The van der Waals surface area contributed by atoms with Gasteiger partial charge in [-0.15, -0.1) is 0 Å². The lowest BCUT2D eigenvalue weighted by atomic mass is 9.79. The second-order valence-electron chi connectivity index (χ2n) is 4.66. The molecular weight excluding hydrogens is 250 g/mol. The molecule has 2 rings (SSSR count). The van der Waals surface area contributed by atoms with E-state index in [1.807, 2.05) is 0 Å². The van der Waals surface area contributed by atoms with E-state index >= 15 is 0 Å². The average Bonchev–Trinajstić information content (AvgIpc) is 2.69. The molecule has 0 saturated carbocycles. The van der Waals surface area contributed by atoms with Gasteiger partial charge in [-0.2, -0.15) is 0 Å². The summed E-state index contributed by atoms with van der Waals surface area (Å²) in [7, 11) is 0. The fraction of sp³-hybridized carbons (Fsp3) is 0.538. The monoisotopic (exact) mass is 267 g/mol.